The molecule has 23 heavy (non-hydrogen) atoms. The van der Waals surface area contributed by atoms with Crippen LogP contribution in [0.15, 0.2) is 42.7 Å². The van der Waals surface area contributed by atoms with E-state index < -0.39 is 0 Å². The molecule has 0 aliphatic heterocycles. The molecule has 120 valence electrons. The predicted molar refractivity (Wildman–Crippen MR) is 86.1 cm³/mol. The number of rotatable bonds is 6. The van der Waals surface area contributed by atoms with Gasteiger partial charge in [0, 0.05) is 43.4 Å². The van der Waals surface area contributed by atoms with Crippen LogP contribution in [-0.2, 0) is 29.7 Å². The number of fused-ring (bicyclic) bond motifs is 1. The summed E-state index contributed by atoms with van der Waals surface area (Å²) in [5.41, 5.74) is 2.39. The normalized spacial score (nSPS) is 11.0. The number of carbonyl (C=O) groups is 1. The zero-order valence-corrected chi connectivity index (χ0v) is 13.2. The Balaban J connectivity index is 1.83. The van der Waals surface area contributed by atoms with Gasteiger partial charge in [-0.3, -0.25) is 4.68 Å². The summed E-state index contributed by atoms with van der Waals surface area (Å²) >= 11 is 0. The van der Waals surface area contributed by atoms with E-state index in [0.717, 1.165) is 16.5 Å². The van der Waals surface area contributed by atoms with Gasteiger partial charge in [0.25, 0.3) is 0 Å². The van der Waals surface area contributed by atoms with Crippen molar-refractivity contribution >= 4 is 16.9 Å². The van der Waals surface area contributed by atoms with Crippen LogP contribution < -0.4 is 0 Å². The molecule has 2 aromatic heterocycles. The van der Waals surface area contributed by atoms with Gasteiger partial charge in [0.2, 0.25) is 0 Å². The van der Waals surface area contributed by atoms with Crippen molar-refractivity contribution in [3.8, 4) is 0 Å². The van der Waals surface area contributed by atoms with Crippen molar-refractivity contribution in [1.29, 1.82) is 0 Å². The summed E-state index contributed by atoms with van der Waals surface area (Å²) in [7, 11) is 3.47. The fraction of sp³-hybridized carbons (Fsp3) is 0.294. The Morgan fingerprint density at radius 3 is 2.87 bits per heavy atom. The highest BCUT2D eigenvalue weighted by Crippen LogP contribution is 2.21. The molecule has 0 aliphatic rings. The Hall–Kier alpha value is -2.60. The predicted octanol–water partition coefficient (Wildman–Crippen LogP) is 2.38. The molecule has 0 atom stereocenters. The quantitative estimate of drug-likeness (QED) is 0.656. The summed E-state index contributed by atoms with van der Waals surface area (Å²) in [5.74, 6) is -0.346. The van der Waals surface area contributed by atoms with Crippen molar-refractivity contribution < 1.29 is 14.3 Å². The number of esters is 1. The van der Waals surface area contributed by atoms with Crippen LogP contribution in [-0.4, -0.2) is 34.0 Å². The smallest absolute Gasteiger partial charge is 0.355 e. The zero-order chi connectivity index (χ0) is 16.2. The van der Waals surface area contributed by atoms with Gasteiger partial charge in [0.15, 0.2) is 0 Å². The first-order chi connectivity index (χ1) is 11.2. The third-order valence-corrected chi connectivity index (χ3v) is 3.67. The topological polar surface area (TPSA) is 58.3 Å². The fourth-order valence-electron chi connectivity index (χ4n) is 2.57. The van der Waals surface area contributed by atoms with Crippen LogP contribution in [0.3, 0.4) is 0 Å². The molecule has 6 nitrogen and oxygen atoms in total. The second-order valence-corrected chi connectivity index (χ2v) is 5.33. The van der Waals surface area contributed by atoms with Crippen LogP contribution in [0.25, 0.3) is 10.9 Å². The molecule has 0 unspecified atom stereocenters. The minimum Gasteiger partial charge on any atom is -0.456 e. The summed E-state index contributed by atoms with van der Waals surface area (Å²) in [6.45, 7) is 1.33. The van der Waals surface area contributed by atoms with E-state index in [1.54, 1.807) is 18.0 Å². The lowest BCUT2D eigenvalue weighted by Gasteiger charge is -2.09. The van der Waals surface area contributed by atoms with Gasteiger partial charge < -0.3 is 14.0 Å². The molecule has 0 radical (unpaired) electrons. The Bertz CT molecular complexity index is 819. The second-order valence-electron chi connectivity index (χ2n) is 5.33. The first-order valence-corrected chi connectivity index (χ1v) is 7.41. The SMILES string of the molecule is COCCn1c(C(=O)OCc2cnn(C)c2)cc2ccccc21. The molecular formula is C17H19N3O3. The molecule has 0 aliphatic carbocycles. The van der Waals surface area contributed by atoms with Crippen molar-refractivity contribution in [2.45, 2.75) is 13.2 Å². The molecule has 0 spiro atoms. The van der Waals surface area contributed by atoms with Gasteiger partial charge >= 0.3 is 5.97 Å². The minimum atomic E-state index is -0.346. The third-order valence-electron chi connectivity index (χ3n) is 3.67. The van der Waals surface area contributed by atoms with Gasteiger partial charge in [0.1, 0.15) is 12.3 Å². The van der Waals surface area contributed by atoms with Crippen molar-refractivity contribution in [3.63, 3.8) is 0 Å². The van der Waals surface area contributed by atoms with Gasteiger partial charge in [-0.1, -0.05) is 18.2 Å². The summed E-state index contributed by atoms with van der Waals surface area (Å²) in [4.78, 5) is 12.5. The number of aryl methyl sites for hydroxylation is 1. The van der Waals surface area contributed by atoms with Gasteiger partial charge in [0.05, 0.1) is 12.8 Å². The number of ether oxygens (including phenoxy) is 2. The Kier molecular flexibility index (Phi) is 4.43. The van der Waals surface area contributed by atoms with E-state index >= 15 is 0 Å². The van der Waals surface area contributed by atoms with Gasteiger partial charge in [-0.05, 0) is 12.1 Å². The van der Waals surface area contributed by atoms with Gasteiger partial charge in [-0.25, -0.2) is 4.79 Å². The van der Waals surface area contributed by atoms with Crippen molar-refractivity contribution in [1.82, 2.24) is 14.3 Å². The van der Waals surface area contributed by atoms with Crippen LogP contribution in [0.2, 0.25) is 0 Å². The van der Waals surface area contributed by atoms with Crippen LogP contribution in [0.4, 0.5) is 0 Å². The molecule has 6 heteroatoms. The number of benzene rings is 1. The summed E-state index contributed by atoms with van der Waals surface area (Å²) in [6, 6.07) is 9.74. The first kappa shape index (κ1) is 15.3. The lowest BCUT2D eigenvalue weighted by molar-refractivity contribution is 0.0458. The molecule has 0 saturated carbocycles. The lowest BCUT2D eigenvalue weighted by Crippen LogP contribution is -2.14. The van der Waals surface area contributed by atoms with E-state index in [0.29, 0.717) is 18.8 Å². The monoisotopic (exact) mass is 313 g/mol. The Labute approximate surface area is 134 Å². The van der Waals surface area contributed by atoms with Crippen molar-refractivity contribution in [3.05, 3.63) is 54.0 Å². The van der Waals surface area contributed by atoms with E-state index in [1.807, 2.05) is 48.1 Å². The van der Waals surface area contributed by atoms with Crippen LogP contribution in [0.1, 0.15) is 16.1 Å². The van der Waals surface area contributed by atoms with Crippen LogP contribution in [0.5, 0.6) is 0 Å². The number of hydrogen-bond acceptors (Lipinski definition) is 4. The summed E-state index contributed by atoms with van der Waals surface area (Å²) in [5, 5.41) is 5.07. The highest BCUT2D eigenvalue weighted by Gasteiger charge is 2.17. The molecule has 3 aromatic rings. The summed E-state index contributed by atoms with van der Waals surface area (Å²) in [6.07, 6.45) is 3.52. The highest BCUT2D eigenvalue weighted by atomic mass is 16.5. The van der Waals surface area contributed by atoms with E-state index in [-0.39, 0.29) is 12.6 Å². The van der Waals surface area contributed by atoms with Crippen molar-refractivity contribution in [2.24, 2.45) is 7.05 Å². The largest absolute Gasteiger partial charge is 0.456 e. The molecule has 1 aromatic carbocycles. The van der Waals surface area contributed by atoms with E-state index in [1.165, 1.54) is 0 Å². The molecule has 0 amide bonds. The average molecular weight is 313 g/mol. The molecule has 0 bridgehead atoms. The highest BCUT2D eigenvalue weighted by molar-refractivity contribution is 5.95. The maximum absolute atomic E-state index is 12.5. The molecule has 0 fully saturated rings. The zero-order valence-electron chi connectivity index (χ0n) is 13.2. The average Bonchev–Trinajstić information content (AvgIpc) is 3.14. The van der Waals surface area contributed by atoms with Crippen molar-refractivity contribution in [2.75, 3.05) is 13.7 Å². The standard InChI is InChI=1S/C17H19N3O3/c1-19-11-13(10-18-19)12-23-17(21)16-9-14-5-3-4-6-15(14)20(16)7-8-22-2/h3-6,9-11H,7-8,12H2,1-2H3. The van der Waals surface area contributed by atoms with Gasteiger partial charge in [-0.2, -0.15) is 5.10 Å². The van der Waals surface area contributed by atoms with E-state index in [9.17, 15) is 4.79 Å². The lowest BCUT2D eigenvalue weighted by atomic mass is 10.2. The number of para-hydroxylation sites is 1. The fourth-order valence-corrected chi connectivity index (χ4v) is 2.57. The molecule has 0 saturated heterocycles. The van der Waals surface area contributed by atoms with E-state index in [2.05, 4.69) is 5.10 Å². The summed E-state index contributed by atoms with van der Waals surface area (Å²) < 4.78 is 14.2. The first-order valence-electron chi connectivity index (χ1n) is 7.41. The van der Waals surface area contributed by atoms with Crippen LogP contribution >= 0.6 is 0 Å². The second kappa shape index (κ2) is 6.66. The number of methoxy groups -OCH3 is 1. The third kappa shape index (κ3) is 3.27. The molecular weight excluding hydrogens is 294 g/mol. The van der Waals surface area contributed by atoms with E-state index in [4.69, 9.17) is 9.47 Å². The Morgan fingerprint density at radius 2 is 2.13 bits per heavy atom. The maximum Gasteiger partial charge on any atom is 0.355 e. The molecule has 2 heterocycles. The van der Waals surface area contributed by atoms with Gasteiger partial charge in [-0.15, -0.1) is 0 Å². The number of aromatic nitrogens is 3. The molecule has 0 N–H and O–H groups in total. The number of nitrogens with zero attached hydrogens (tertiary/aromatic N) is 3. The Morgan fingerprint density at radius 1 is 1.30 bits per heavy atom. The number of carbonyl (C=O) groups excluding carboxylic acids is 1. The maximum atomic E-state index is 12.5. The minimum absolute atomic E-state index is 0.207. The molecule has 3 rings (SSSR count). The van der Waals surface area contributed by atoms with Crippen LogP contribution in [0, 0.1) is 0 Å². The number of hydrogen-bond donors (Lipinski definition) is 0.